The van der Waals surface area contributed by atoms with Gasteiger partial charge in [-0.1, -0.05) is 17.7 Å². The van der Waals surface area contributed by atoms with Gasteiger partial charge in [-0.25, -0.2) is 4.98 Å². The molecule has 2 N–H and O–H groups in total. The first kappa shape index (κ1) is 15.2. The third kappa shape index (κ3) is 4.44. The molecule has 1 aromatic rings. The van der Waals surface area contributed by atoms with Gasteiger partial charge in [-0.2, -0.15) is 0 Å². The molecule has 6 heteroatoms. The Morgan fingerprint density at radius 3 is 3.06 bits per heavy atom. The van der Waals surface area contributed by atoms with E-state index in [1.54, 1.807) is 18.2 Å². The molecular weight excluding hydrogens is 273 g/mol. The van der Waals surface area contributed by atoms with Crippen molar-refractivity contribution in [2.75, 3.05) is 19.6 Å². The Hall–Kier alpha value is -0.840. The Morgan fingerprint density at radius 1 is 1.56 bits per heavy atom. The number of pyridine rings is 1. The second-order valence-electron chi connectivity index (χ2n) is 4.27. The van der Waals surface area contributed by atoms with E-state index in [0.29, 0.717) is 23.3 Å². The molecule has 1 atom stereocenters. The van der Waals surface area contributed by atoms with E-state index in [-0.39, 0.29) is 18.3 Å². The van der Waals surface area contributed by atoms with Gasteiger partial charge in [0, 0.05) is 6.54 Å². The van der Waals surface area contributed by atoms with Crippen molar-refractivity contribution in [3.63, 3.8) is 0 Å². The monoisotopic (exact) mass is 289 g/mol. The Balaban J connectivity index is 0.00000162. The van der Waals surface area contributed by atoms with E-state index in [4.69, 9.17) is 11.6 Å². The summed E-state index contributed by atoms with van der Waals surface area (Å²) in [4.78, 5) is 15.8. The predicted molar refractivity (Wildman–Crippen MR) is 74.4 cm³/mol. The summed E-state index contributed by atoms with van der Waals surface area (Å²) in [5, 5.41) is 6.56. The average Bonchev–Trinajstić information content (AvgIpc) is 2.37. The lowest BCUT2D eigenvalue weighted by Crippen LogP contribution is -2.38. The fraction of sp³-hybridized carbons (Fsp3) is 0.500. The lowest BCUT2D eigenvalue weighted by Gasteiger charge is -2.22. The molecule has 100 valence electrons. The highest BCUT2D eigenvalue weighted by molar-refractivity contribution is 6.29. The Labute approximate surface area is 118 Å². The fourth-order valence-electron chi connectivity index (χ4n) is 1.96. The lowest BCUT2D eigenvalue weighted by molar-refractivity contribution is 0.0940. The van der Waals surface area contributed by atoms with Gasteiger partial charge >= 0.3 is 0 Å². The van der Waals surface area contributed by atoms with Gasteiger partial charge in [0.2, 0.25) is 0 Å². The lowest BCUT2D eigenvalue weighted by atomic mass is 10.00. The number of carbonyl (C=O) groups excluding carboxylic acids is 1. The second-order valence-corrected chi connectivity index (χ2v) is 4.66. The molecule has 0 bridgehead atoms. The van der Waals surface area contributed by atoms with Crippen LogP contribution in [0.3, 0.4) is 0 Å². The van der Waals surface area contributed by atoms with E-state index >= 15 is 0 Å². The summed E-state index contributed by atoms with van der Waals surface area (Å²) in [7, 11) is 0. The van der Waals surface area contributed by atoms with Gasteiger partial charge in [0.1, 0.15) is 10.8 Å². The minimum absolute atomic E-state index is 0. The molecule has 0 aliphatic carbocycles. The van der Waals surface area contributed by atoms with Gasteiger partial charge in [-0.15, -0.1) is 12.4 Å². The molecule has 0 saturated carbocycles. The van der Waals surface area contributed by atoms with Crippen LogP contribution in [0.4, 0.5) is 0 Å². The van der Waals surface area contributed by atoms with Crippen molar-refractivity contribution in [3.05, 3.63) is 29.0 Å². The predicted octanol–water partition coefficient (Wildman–Crippen LogP) is 1.89. The summed E-state index contributed by atoms with van der Waals surface area (Å²) in [5.74, 6) is 0.366. The summed E-state index contributed by atoms with van der Waals surface area (Å²) in [6, 6.07) is 5.05. The minimum Gasteiger partial charge on any atom is -0.350 e. The Bertz CT molecular complexity index is 395. The second kappa shape index (κ2) is 7.56. The van der Waals surface area contributed by atoms with Crippen molar-refractivity contribution in [1.82, 2.24) is 15.6 Å². The Kier molecular flexibility index (Phi) is 6.39. The highest BCUT2D eigenvalue weighted by atomic mass is 35.5. The zero-order chi connectivity index (χ0) is 12.1. The zero-order valence-corrected chi connectivity index (χ0v) is 11.6. The number of rotatable bonds is 3. The van der Waals surface area contributed by atoms with Gasteiger partial charge in [-0.3, -0.25) is 4.79 Å². The topological polar surface area (TPSA) is 54.0 Å². The summed E-state index contributed by atoms with van der Waals surface area (Å²) >= 11 is 5.74. The van der Waals surface area contributed by atoms with Crippen LogP contribution in [-0.2, 0) is 0 Å². The summed E-state index contributed by atoms with van der Waals surface area (Å²) in [6.45, 7) is 2.75. The molecule has 2 rings (SSSR count). The summed E-state index contributed by atoms with van der Waals surface area (Å²) in [5.41, 5.74) is 0.376. The van der Waals surface area contributed by atoms with E-state index in [2.05, 4.69) is 15.6 Å². The first-order valence-electron chi connectivity index (χ1n) is 5.87. The van der Waals surface area contributed by atoms with Crippen LogP contribution in [0.1, 0.15) is 23.3 Å². The zero-order valence-electron chi connectivity index (χ0n) is 9.99. The van der Waals surface area contributed by atoms with E-state index in [0.717, 1.165) is 19.5 Å². The van der Waals surface area contributed by atoms with Crippen LogP contribution in [0, 0.1) is 5.92 Å². The highest BCUT2D eigenvalue weighted by Crippen LogP contribution is 2.09. The third-order valence-electron chi connectivity index (χ3n) is 2.90. The van der Waals surface area contributed by atoms with E-state index in [1.807, 2.05) is 0 Å². The van der Waals surface area contributed by atoms with Crippen LogP contribution < -0.4 is 10.6 Å². The molecular formula is C12H17Cl2N3O. The first-order valence-corrected chi connectivity index (χ1v) is 6.25. The van der Waals surface area contributed by atoms with E-state index < -0.39 is 0 Å². The number of carbonyl (C=O) groups is 1. The number of nitrogens with zero attached hydrogens (tertiary/aromatic N) is 1. The molecule has 1 aromatic heterocycles. The molecule has 1 fully saturated rings. The molecule has 1 saturated heterocycles. The van der Waals surface area contributed by atoms with Gasteiger partial charge in [-0.05, 0) is 44.0 Å². The van der Waals surface area contributed by atoms with Crippen LogP contribution in [0.15, 0.2) is 18.2 Å². The first-order chi connectivity index (χ1) is 8.25. The SMILES string of the molecule is Cl.O=C(NCC1CCCNC1)c1cccc(Cl)n1. The maximum Gasteiger partial charge on any atom is 0.269 e. The minimum atomic E-state index is -0.155. The number of hydrogen-bond acceptors (Lipinski definition) is 3. The van der Waals surface area contributed by atoms with Crippen molar-refractivity contribution in [3.8, 4) is 0 Å². The number of piperidine rings is 1. The summed E-state index contributed by atoms with van der Waals surface area (Å²) in [6.07, 6.45) is 2.34. The molecule has 4 nitrogen and oxygen atoms in total. The summed E-state index contributed by atoms with van der Waals surface area (Å²) < 4.78 is 0. The van der Waals surface area contributed by atoms with Crippen LogP contribution >= 0.6 is 24.0 Å². The standard InChI is InChI=1S/C12H16ClN3O.ClH/c13-11-5-1-4-10(16-11)12(17)15-8-9-3-2-6-14-7-9;/h1,4-5,9,14H,2-3,6-8H2,(H,15,17);1H. The highest BCUT2D eigenvalue weighted by Gasteiger charge is 2.14. The van der Waals surface area contributed by atoms with Crippen molar-refractivity contribution in [2.24, 2.45) is 5.92 Å². The van der Waals surface area contributed by atoms with Gasteiger partial charge in [0.05, 0.1) is 0 Å². The van der Waals surface area contributed by atoms with Gasteiger partial charge < -0.3 is 10.6 Å². The molecule has 1 amide bonds. The molecule has 0 spiro atoms. The van der Waals surface area contributed by atoms with Gasteiger partial charge in [0.25, 0.3) is 5.91 Å². The number of nitrogens with one attached hydrogen (secondary N) is 2. The number of hydrogen-bond donors (Lipinski definition) is 2. The molecule has 0 radical (unpaired) electrons. The van der Waals surface area contributed by atoms with Crippen LogP contribution in [0.2, 0.25) is 5.15 Å². The van der Waals surface area contributed by atoms with Crippen molar-refractivity contribution >= 4 is 29.9 Å². The normalized spacial score (nSPS) is 18.8. The van der Waals surface area contributed by atoms with Crippen LogP contribution in [0.5, 0.6) is 0 Å². The molecule has 1 unspecified atom stereocenters. The Morgan fingerprint density at radius 2 is 2.39 bits per heavy atom. The third-order valence-corrected chi connectivity index (χ3v) is 3.11. The average molecular weight is 290 g/mol. The number of aromatic nitrogens is 1. The molecule has 0 aromatic carbocycles. The molecule has 1 aliphatic rings. The smallest absolute Gasteiger partial charge is 0.269 e. The molecule has 18 heavy (non-hydrogen) atoms. The fourth-order valence-corrected chi connectivity index (χ4v) is 2.12. The molecule has 1 aliphatic heterocycles. The van der Waals surface area contributed by atoms with E-state index in [1.165, 1.54) is 6.42 Å². The van der Waals surface area contributed by atoms with Crippen molar-refractivity contribution in [1.29, 1.82) is 0 Å². The number of amides is 1. The van der Waals surface area contributed by atoms with Crippen molar-refractivity contribution < 1.29 is 4.79 Å². The van der Waals surface area contributed by atoms with Gasteiger partial charge in [0.15, 0.2) is 0 Å². The number of halogens is 2. The molecule has 2 heterocycles. The largest absolute Gasteiger partial charge is 0.350 e. The van der Waals surface area contributed by atoms with Crippen LogP contribution in [-0.4, -0.2) is 30.5 Å². The van der Waals surface area contributed by atoms with E-state index in [9.17, 15) is 4.79 Å². The quantitative estimate of drug-likeness (QED) is 0.836. The van der Waals surface area contributed by atoms with Crippen molar-refractivity contribution in [2.45, 2.75) is 12.8 Å². The maximum absolute atomic E-state index is 11.8. The maximum atomic E-state index is 11.8. The van der Waals surface area contributed by atoms with Crippen LogP contribution in [0.25, 0.3) is 0 Å².